The Labute approximate surface area is 240 Å². The van der Waals surface area contributed by atoms with E-state index >= 15 is 0 Å². The number of para-hydroxylation sites is 1. The zero-order valence-electron chi connectivity index (χ0n) is 23.2. The van der Waals surface area contributed by atoms with Gasteiger partial charge in [-0.2, -0.15) is 0 Å². The molecule has 0 radical (unpaired) electrons. The number of nitrogens with zero attached hydrogens (tertiary/aromatic N) is 3. The van der Waals surface area contributed by atoms with Gasteiger partial charge in [0.05, 0.1) is 17.3 Å². The van der Waals surface area contributed by atoms with E-state index in [-0.39, 0.29) is 17.4 Å². The molecular weight excluding hydrogens is 526 g/mol. The van der Waals surface area contributed by atoms with E-state index in [1.807, 2.05) is 61.2 Å². The van der Waals surface area contributed by atoms with E-state index in [2.05, 4.69) is 0 Å². The highest BCUT2D eigenvalue weighted by Gasteiger charge is 2.36. The molecule has 0 fully saturated rings. The van der Waals surface area contributed by atoms with Gasteiger partial charge in [-0.15, -0.1) is 0 Å². The molecule has 0 aromatic heterocycles. The molecule has 1 aliphatic heterocycles. The molecule has 0 saturated heterocycles. The minimum atomic E-state index is -1.01. The standard InChI is InChI=1S/C32H34ClN3O4/c1-21(2)30-34-22(3)28(32(38)39)29(24-10-8-11-25(33)20-24)36(30)19-9-18-35(4)31(37)23-14-16-27(17-15-23)40-26-12-6-5-7-13-26/h5-8,10-17,20-21,29H,9,18-19H2,1-4H3,(H,38,39). The summed E-state index contributed by atoms with van der Waals surface area (Å²) in [5.74, 6) is 1.16. The summed E-state index contributed by atoms with van der Waals surface area (Å²) in [5.41, 5.74) is 2.08. The van der Waals surface area contributed by atoms with Crippen molar-refractivity contribution in [3.8, 4) is 11.5 Å². The first-order chi connectivity index (χ1) is 19.2. The fourth-order valence-corrected chi connectivity index (χ4v) is 5.07. The fraction of sp³-hybridized carbons (Fsp3) is 0.281. The number of amides is 1. The van der Waals surface area contributed by atoms with Crippen LogP contribution in [0.5, 0.6) is 11.5 Å². The Morgan fingerprint density at radius 3 is 2.33 bits per heavy atom. The van der Waals surface area contributed by atoms with E-state index < -0.39 is 12.0 Å². The number of ether oxygens (including phenoxy) is 1. The minimum absolute atomic E-state index is 0.0722. The van der Waals surface area contributed by atoms with Crippen molar-refractivity contribution in [1.29, 1.82) is 0 Å². The molecule has 8 heteroatoms. The summed E-state index contributed by atoms with van der Waals surface area (Å²) in [6.45, 7) is 6.82. The van der Waals surface area contributed by atoms with Crippen molar-refractivity contribution in [1.82, 2.24) is 9.80 Å². The lowest BCUT2D eigenvalue weighted by Crippen LogP contribution is -2.44. The highest BCUT2D eigenvalue weighted by atomic mass is 35.5. The second-order valence-corrected chi connectivity index (χ2v) is 10.5. The SMILES string of the molecule is CC1=C(C(=O)O)C(c2cccc(Cl)c2)N(CCCN(C)C(=O)c2ccc(Oc3ccccc3)cc2)C(C(C)C)=N1. The molecule has 0 bridgehead atoms. The first kappa shape index (κ1) is 28.9. The van der Waals surface area contributed by atoms with E-state index in [9.17, 15) is 14.7 Å². The third-order valence-corrected chi connectivity index (χ3v) is 7.02. The molecule has 1 N–H and O–H groups in total. The molecule has 3 aromatic carbocycles. The number of aliphatic carboxylic acids is 1. The number of halogens is 1. The molecule has 1 amide bonds. The van der Waals surface area contributed by atoms with Crippen LogP contribution in [0.4, 0.5) is 0 Å². The van der Waals surface area contributed by atoms with Crippen molar-refractivity contribution in [2.24, 2.45) is 10.9 Å². The molecule has 0 spiro atoms. The smallest absolute Gasteiger partial charge is 0.335 e. The van der Waals surface area contributed by atoms with Crippen molar-refractivity contribution in [3.63, 3.8) is 0 Å². The lowest BCUT2D eigenvalue weighted by molar-refractivity contribution is -0.133. The molecule has 40 heavy (non-hydrogen) atoms. The molecule has 0 aliphatic carbocycles. The minimum Gasteiger partial charge on any atom is -0.478 e. The maximum absolute atomic E-state index is 13.1. The average molecular weight is 560 g/mol. The summed E-state index contributed by atoms with van der Waals surface area (Å²) in [6.07, 6.45) is 0.617. The maximum Gasteiger partial charge on any atom is 0.335 e. The third-order valence-electron chi connectivity index (χ3n) is 6.78. The number of aliphatic imine (C=N–C) groups is 1. The first-order valence-corrected chi connectivity index (χ1v) is 13.7. The molecule has 0 saturated carbocycles. The quantitative estimate of drug-likeness (QED) is 0.287. The van der Waals surface area contributed by atoms with Crippen molar-refractivity contribution >= 4 is 29.3 Å². The Morgan fingerprint density at radius 2 is 1.70 bits per heavy atom. The van der Waals surface area contributed by atoms with Crippen LogP contribution < -0.4 is 4.74 Å². The maximum atomic E-state index is 13.1. The Kier molecular flexibility index (Phi) is 9.27. The molecular formula is C32H34ClN3O4. The molecule has 4 rings (SSSR count). The molecule has 1 heterocycles. The number of rotatable bonds is 10. The van der Waals surface area contributed by atoms with Gasteiger partial charge in [-0.25, -0.2) is 9.79 Å². The molecule has 3 aromatic rings. The third kappa shape index (κ3) is 6.72. The summed E-state index contributed by atoms with van der Waals surface area (Å²) in [7, 11) is 1.77. The lowest BCUT2D eigenvalue weighted by atomic mass is 9.92. The average Bonchev–Trinajstić information content (AvgIpc) is 2.93. The predicted octanol–water partition coefficient (Wildman–Crippen LogP) is 7.06. The molecule has 1 atom stereocenters. The van der Waals surface area contributed by atoms with E-state index in [0.717, 1.165) is 17.1 Å². The number of amidine groups is 1. The molecule has 1 aliphatic rings. The number of benzene rings is 3. The van der Waals surface area contributed by atoms with Crippen molar-refractivity contribution in [3.05, 3.63) is 106 Å². The topological polar surface area (TPSA) is 82.4 Å². The highest BCUT2D eigenvalue weighted by molar-refractivity contribution is 6.30. The Morgan fingerprint density at radius 1 is 1.02 bits per heavy atom. The Hall–Kier alpha value is -4.10. The van der Waals surface area contributed by atoms with Crippen LogP contribution in [0.2, 0.25) is 5.02 Å². The van der Waals surface area contributed by atoms with Crippen LogP contribution in [0, 0.1) is 5.92 Å². The number of allylic oxidation sites excluding steroid dienone is 1. The van der Waals surface area contributed by atoms with Gasteiger partial charge in [0.15, 0.2) is 0 Å². The summed E-state index contributed by atoms with van der Waals surface area (Å²) in [5, 5.41) is 10.7. The van der Waals surface area contributed by atoms with Gasteiger partial charge in [0.1, 0.15) is 17.3 Å². The normalized spacial score (nSPS) is 15.2. The van der Waals surface area contributed by atoms with Crippen LogP contribution in [0.15, 0.2) is 95.1 Å². The van der Waals surface area contributed by atoms with Gasteiger partial charge in [0.25, 0.3) is 5.91 Å². The number of carboxylic acids is 1. The van der Waals surface area contributed by atoms with Crippen molar-refractivity contribution in [2.75, 3.05) is 20.1 Å². The summed E-state index contributed by atoms with van der Waals surface area (Å²) < 4.78 is 5.83. The van der Waals surface area contributed by atoms with Crippen molar-refractivity contribution < 1.29 is 19.4 Å². The Bertz CT molecular complexity index is 1420. The van der Waals surface area contributed by atoms with Crippen molar-refractivity contribution in [2.45, 2.75) is 33.2 Å². The van der Waals surface area contributed by atoms with Crippen LogP contribution in [-0.2, 0) is 4.79 Å². The van der Waals surface area contributed by atoms with Gasteiger partial charge in [-0.3, -0.25) is 4.79 Å². The number of hydrogen-bond donors (Lipinski definition) is 1. The molecule has 7 nitrogen and oxygen atoms in total. The van der Waals surface area contributed by atoms with E-state index in [1.54, 1.807) is 55.3 Å². The van der Waals surface area contributed by atoms with Gasteiger partial charge >= 0.3 is 5.97 Å². The van der Waals surface area contributed by atoms with Gasteiger partial charge in [0, 0.05) is 36.6 Å². The summed E-state index contributed by atoms with van der Waals surface area (Å²) in [6, 6.07) is 23.3. The van der Waals surface area contributed by atoms with Crippen LogP contribution in [0.3, 0.4) is 0 Å². The van der Waals surface area contributed by atoms with Crippen LogP contribution in [-0.4, -0.2) is 52.8 Å². The number of carbonyl (C=O) groups is 2. The van der Waals surface area contributed by atoms with Crippen LogP contribution in [0.25, 0.3) is 0 Å². The largest absolute Gasteiger partial charge is 0.478 e. The highest BCUT2D eigenvalue weighted by Crippen LogP contribution is 2.37. The predicted molar refractivity (Wildman–Crippen MR) is 158 cm³/mol. The summed E-state index contributed by atoms with van der Waals surface area (Å²) in [4.78, 5) is 33.9. The lowest BCUT2D eigenvalue weighted by Gasteiger charge is -2.40. The van der Waals surface area contributed by atoms with Gasteiger partial charge in [-0.1, -0.05) is 55.8 Å². The Balaban J connectivity index is 1.47. The van der Waals surface area contributed by atoms with Gasteiger partial charge in [0.2, 0.25) is 0 Å². The number of carboxylic acid groups (broad SMARTS) is 1. The van der Waals surface area contributed by atoms with Crippen LogP contribution in [0.1, 0.15) is 49.2 Å². The van der Waals surface area contributed by atoms with Gasteiger partial charge < -0.3 is 19.6 Å². The second-order valence-electron chi connectivity index (χ2n) is 10.1. The van der Waals surface area contributed by atoms with E-state index in [1.165, 1.54) is 0 Å². The molecule has 208 valence electrons. The summed E-state index contributed by atoms with van der Waals surface area (Å²) >= 11 is 6.30. The zero-order chi connectivity index (χ0) is 28.8. The van der Waals surface area contributed by atoms with Crippen LogP contribution >= 0.6 is 11.6 Å². The number of hydrogen-bond acceptors (Lipinski definition) is 5. The van der Waals surface area contributed by atoms with Gasteiger partial charge in [-0.05, 0) is 67.4 Å². The fourth-order valence-electron chi connectivity index (χ4n) is 4.87. The monoisotopic (exact) mass is 559 g/mol. The first-order valence-electron chi connectivity index (χ1n) is 13.3. The zero-order valence-corrected chi connectivity index (χ0v) is 23.9. The number of carbonyl (C=O) groups excluding carboxylic acids is 1. The van der Waals surface area contributed by atoms with E-state index in [4.69, 9.17) is 21.3 Å². The van der Waals surface area contributed by atoms with E-state index in [0.29, 0.717) is 41.5 Å². The molecule has 1 unspecified atom stereocenters. The second kappa shape index (κ2) is 12.8.